The number of rotatable bonds is 3. The normalized spacial score (nSPS) is 10.7. The number of nitrogens with two attached hydrogens (primary N) is 1. The van der Waals surface area contributed by atoms with Crippen molar-refractivity contribution >= 4 is 27.8 Å². The van der Waals surface area contributed by atoms with Crippen LogP contribution in [0.4, 0.5) is 16.5 Å². The monoisotopic (exact) mass is 309 g/mol. The molecule has 0 saturated heterocycles. The number of nitrogen functional groups attached to an aromatic ring is 1. The first kappa shape index (κ1) is 14.6. The highest BCUT2D eigenvalue weighted by molar-refractivity contribution is 7.14. The van der Waals surface area contributed by atoms with Crippen LogP contribution in [0.2, 0.25) is 0 Å². The Balaban J connectivity index is 1.85. The molecule has 112 valence electrons. The van der Waals surface area contributed by atoms with Gasteiger partial charge in [0.1, 0.15) is 0 Å². The summed E-state index contributed by atoms with van der Waals surface area (Å²) < 4.78 is 0. The van der Waals surface area contributed by atoms with Crippen molar-refractivity contribution in [3.8, 4) is 11.3 Å². The minimum absolute atomic E-state index is 0.788. The second kappa shape index (κ2) is 5.81. The lowest BCUT2D eigenvalue weighted by Gasteiger charge is -2.06. The topological polar surface area (TPSA) is 50.9 Å². The van der Waals surface area contributed by atoms with Gasteiger partial charge in [-0.05, 0) is 44.0 Å². The standard InChI is InChI=1S/C18H19N3S/c1-11-4-7-15(13(3)8-11)17-10-22-18(21-17)20-14-6-5-12(2)16(19)9-14/h4-10H,19H2,1-3H3,(H,20,21). The van der Waals surface area contributed by atoms with Gasteiger partial charge in [-0.3, -0.25) is 0 Å². The molecule has 0 amide bonds. The third-order valence-corrected chi connectivity index (χ3v) is 4.45. The van der Waals surface area contributed by atoms with E-state index in [0.717, 1.165) is 27.8 Å². The van der Waals surface area contributed by atoms with Gasteiger partial charge in [0, 0.05) is 22.3 Å². The fourth-order valence-corrected chi connectivity index (χ4v) is 3.13. The van der Waals surface area contributed by atoms with Crippen LogP contribution < -0.4 is 11.1 Å². The summed E-state index contributed by atoms with van der Waals surface area (Å²) in [6.07, 6.45) is 0. The van der Waals surface area contributed by atoms with E-state index in [0.29, 0.717) is 0 Å². The molecule has 0 atom stereocenters. The molecule has 3 nitrogen and oxygen atoms in total. The molecule has 0 aliphatic rings. The van der Waals surface area contributed by atoms with E-state index in [-0.39, 0.29) is 0 Å². The number of aryl methyl sites for hydroxylation is 3. The van der Waals surface area contributed by atoms with Crippen LogP contribution in [-0.2, 0) is 0 Å². The highest BCUT2D eigenvalue weighted by atomic mass is 32.1. The van der Waals surface area contributed by atoms with Crippen LogP contribution in [0.5, 0.6) is 0 Å². The SMILES string of the molecule is Cc1ccc(-c2csc(Nc3ccc(C)c(N)c3)n2)c(C)c1. The maximum Gasteiger partial charge on any atom is 0.187 e. The molecule has 0 aliphatic carbocycles. The summed E-state index contributed by atoms with van der Waals surface area (Å²) in [5.41, 5.74) is 13.5. The third-order valence-electron chi connectivity index (χ3n) is 3.69. The fourth-order valence-electron chi connectivity index (χ4n) is 2.40. The molecule has 1 aromatic heterocycles. The molecule has 0 fully saturated rings. The van der Waals surface area contributed by atoms with Gasteiger partial charge in [0.15, 0.2) is 5.13 Å². The van der Waals surface area contributed by atoms with Gasteiger partial charge in [0.25, 0.3) is 0 Å². The Bertz CT molecular complexity index is 821. The van der Waals surface area contributed by atoms with Gasteiger partial charge in [-0.1, -0.05) is 29.8 Å². The molecule has 0 bridgehead atoms. The first-order chi connectivity index (χ1) is 10.5. The maximum atomic E-state index is 5.95. The lowest BCUT2D eigenvalue weighted by molar-refractivity contribution is 1.33. The molecule has 3 N–H and O–H groups in total. The second-order valence-electron chi connectivity index (χ2n) is 5.55. The second-order valence-corrected chi connectivity index (χ2v) is 6.41. The summed E-state index contributed by atoms with van der Waals surface area (Å²) in [6.45, 7) is 6.23. The van der Waals surface area contributed by atoms with Gasteiger partial charge in [-0.2, -0.15) is 0 Å². The molecule has 22 heavy (non-hydrogen) atoms. The van der Waals surface area contributed by atoms with Crippen molar-refractivity contribution in [3.63, 3.8) is 0 Å². The summed E-state index contributed by atoms with van der Waals surface area (Å²) >= 11 is 1.60. The third kappa shape index (κ3) is 2.97. The first-order valence-electron chi connectivity index (χ1n) is 7.19. The van der Waals surface area contributed by atoms with Crippen molar-refractivity contribution in [1.29, 1.82) is 0 Å². The fraction of sp³-hybridized carbons (Fsp3) is 0.167. The van der Waals surface area contributed by atoms with Crippen LogP contribution in [0.15, 0.2) is 41.8 Å². The molecule has 0 radical (unpaired) electrons. The van der Waals surface area contributed by atoms with Gasteiger partial charge in [0.2, 0.25) is 0 Å². The van der Waals surface area contributed by atoms with E-state index in [4.69, 9.17) is 5.73 Å². The molecular weight excluding hydrogens is 290 g/mol. The summed E-state index contributed by atoms with van der Waals surface area (Å²) in [4.78, 5) is 4.68. The predicted molar refractivity (Wildman–Crippen MR) is 95.9 cm³/mol. The zero-order chi connectivity index (χ0) is 15.7. The van der Waals surface area contributed by atoms with E-state index in [2.05, 4.69) is 47.7 Å². The minimum atomic E-state index is 0.788. The Morgan fingerprint density at radius 2 is 1.82 bits per heavy atom. The van der Waals surface area contributed by atoms with E-state index >= 15 is 0 Å². The number of nitrogens with one attached hydrogen (secondary N) is 1. The lowest BCUT2D eigenvalue weighted by Crippen LogP contribution is -1.94. The number of anilines is 3. The average Bonchev–Trinajstić information content (AvgIpc) is 2.91. The van der Waals surface area contributed by atoms with Crippen molar-refractivity contribution in [2.45, 2.75) is 20.8 Å². The van der Waals surface area contributed by atoms with Crippen molar-refractivity contribution in [3.05, 3.63) is 58.5 Å². The lowest BCUT2D eigenvalue weighted by atomic mass is 10.0. The van der Waals surface area contributed by atoms with Crippen molar-refractivity contribution < 1.29 is 0 Å². The van der Waals surface area contributed by atoms with E-state index in [1.54, 1.807) is 11.3 Å². The van der Waals surface area contributed by atoms with Crippen LogP contribution >= 0.6 is 11.3 Å². The van der Waals surface area contributed by atoms with E-state index < -0.39 is 0 Å². The van der Waals surface area contributed by atoms with E-state index in [1.807, 2.05) is 25.1 Å². The predicted octanol–water partition coefficient (Wildman–Crippen LogP) is 5.06. The van der Waals surface area contributed by atoms with E-state index in [9.17, 15) is 0 Å². The largest absolute Gasteiger partial charge is 0.398 e. The highest BCUT2D eigenvalue weighted by Gasteiger charge is 2.08. The first-order valence-corrected chi connectivity index (χ1v) is 8.07. The Hall–Kier alpha value is -2.33. The molecule has 3 aromatic rings. The summed E-state index contributed by atoms with van der Waals surface area (Å²) in [5.74, 6) is 0. The minimum Gasteiger partial charge on any atom is -0.398 e. The Kier molecular flexibility index (Phi) is 3.86. The average molecular weight is 309 g/mol. The van der Waals surface area contributed by atoms with Gasteiger partial charge < -0.3 is 11.1 Å². The molecule has 2 aromatic carbocycles. The van der Waals surface area contributed by atoms with Crippen LogP contribution in [0.25, 0.3) is 11.3 Å². The quantitative estimate of drug-likeness (QED) is 0.665. The summed E-state index contributed by atoms with van der Waals surface area (Å²) in [6, 6.07) is 12.4. The zero-order valence-electron chi connectivity index (χ0n) is 13.0. The number of aromatic nitrogens is 1. The number of thiazole rings is 1. The van der Waals surface area contributed by atoms with Gasteiger partial charge in [-0.15, -0.1) is 11.3 Å². The number of nitrogens with zero attached hydrogens (tertiary/aromatic N) is 1. The van der Waals surface area contributed by atoms with E-state index in [1.165, 1.54) is 16.7 Å². The molecule has 0 aliphatic heterocycles. The molecule has 4 heteroatoms. The Labute approximate surface area is 134 Å². The molecule has 0 saturated carbocycles. The number of hydrogen-bond acceptors (Lipinski definition) is 4. The molecule has 0 spiro atoms. The summed E-state index contributed by atoms with van der Waals surface area (Å²) in [5, 5.41) is 6.27. The Morgan fingerprint density at radius 1 is 1.00 bits per heavy atom. The van der Waals surface area contributed by atoms with Crippen molar-refractivity contribution in [2.75, 3.05) is 11.1 Å². The zero-order valence-corrected chi connectivity index (χ0v) is 13.8. The highest BCUT2D eigenvalue weighted by Crippen LogP contribution is 2.30. The van der Waals surface area contributed by atoms with Crippen LogP contribution in [0, 0.1) is 20.8 Å². The number of hydrogen-bond donors (Lipinski definition) is 2. The molecule has 1 heterocycles. The van der Waals surface area contributed by atoms with Crippen LogP contribution in [0.1, 0.15) is 16.7 Å². The van der Waals surface area contributed by atoms with Gasteiger partial charge >= 0.3 is 0 Å². The molecular formula is C18H19N3S. The smallest absolute Gasteiger partial charge is 0.187 e. The van der Waals surface area contributed by atoms with Gasteiger partial charge in [0.05, 0.1) is 5.69 Å². The summed E-state index contributed by atoms with van der Waals surface area (Å²) in [7, 11) is 0. The molecule has 3 rings (SSSR count). The van der Waals surface area contributed by atoms with Crippen molar-refractivity contribution in [2.24, 2.45) is 0 Å². The van der Waals surface area contributed by atoms with Crippen LogP contribution in [0.3, 0.4) is 0 Å². The van der Waals surface area contributed by atoms with Crippen molar-refractivity contribution in [1.82, 2.24) is 4.98 Å². The van der Waals surface area contributed by atoms with Crippen LogP contribution in [-0.4, -0.2) is 4.98 Å². The Morgan fingerprint density at radius 3 is 2.55 bits per heavy atom. The maximum absolute atomic E-state index is 5.95. The van der Waals surface area contributed by atoms with Gasteiger partial charge in [-0.25, -0.2) is 4.98 Å². The molecule has 0 unspecified atom stereocenters. The number of benzene rings is 2.